The first-order valence-corrected chi connectivity index (χ1v) is 10.5. The number of halogens is 1. The van der Waals surface area contributed by atoms with Gasteiger partial charge in [0.15, 0.2) is 0 Å². The average molecular weight is 439 g/mol. The molecule has 27 heavy (non-hydrogen) atoms. The SMILES string of the molecule is CC(C)N1C(=O)NC(NNC(=O)NS(=O)(=O)c2ccccc2Cl)=NS1(=O)=O. The average Bonchev–Trinajstić information content (AvgIpc) is 2.50. The lowest BCUT2D eigenvalue weighted by Crippen LogP contribution is -2.60. The summed E-state index contributed by atoms with van der Waals surface area (Å²) in [5.41, 5.74) is 3.86. The summed E-state index contributed by atoms with van der Waals surface area (Å²) < 4.78 is 53.5. The maximum atomic E-state index is 12.1. The maximum Gasteiger partial charge on any atom is 0.351 e. The van der Waals surface area contributed by atoms with Crippen molar-refractivity contribution in [2.24, 2.45) is 4.40 Å². The highest BCUT2D eigenvalue weighted by molar-refractivity contribution is 7.90. The minimum atomic E-state index is -4.31. The highest BCUT2D eigenvalue weighted by atomic mass is 35.5. The van der Waals surface area contributed by atoms with Crippen molar-refractivity contribution in [2.75, 3.05) is 0 Å². The zero-order chi connectivity index (χ0) is 20.4. The molecular weight excluding hydrogens is 424 g/mol. The molecule has 4 N–H and O–H groups in total. The standard InChI is InChI=1S/C12H15ClN6O6S2/c1-7(2)19-12(21)14-10(17-27(19,24)25)15-16-11(20)18-26(22,23)9-6-4-3-5-8(9)13/h3-7H,1-2H3,(H2,16,18,20)(H2,14,15,17,21). The van der Waals surface area contributed by atoms with E-state index >= 15 is 0 Å². The summed E-state index contributed by atoms with van der Waals surface area (Å²) in [6.45, 7) is 2.94. The molecule has 0 radical (unpaired) electrons. The van der Waals surface area contributed by atoms with E-state index in [1.165, 1.54) is 38.1 Å². The molecule has 148 valence electrons. The molecule has 1 aromatic carbocycles. The molecule has 1 heterocycles. The van der Waals surface area contributed by atoms with Crippen LogP contribution in [-0.2, 0) is 20.2 Å². The highest BCUT2D eigenvalue weighted by Crippen LogP contribution is 2.19. The van der Waals surface area contributed by atoms with Crippen LogP contribution < -0.4 is 20.9 Å². The van der Waals surface area contributed by atoms with E-state index < -0.39 is 44.3 Å². The molecule has 1 aliphatic heterocycles. The number of nitrogens with zero attached hydrogens (tertiary/aromatic N) is 2. The van der Waals surface area contributed by atoms with Crippen LogP contribution in [0.5, 0.6) is 0 Å². The quantitative estimate of drug-likeness (QED) is 0.476. The van der Waals surface area contributed by atoms with Gasteiger partial charge < -0.3 is 0 Å². The second-order valence-electron chi connectivity index (χ2n) is 5.35. The van der Waals surface area contributed by atoms with Crippen molar-refractivity contribution in [1.82, 2.24) is 25.2 Å². The number of amides is 4. The third kappa shape index (κ3) is 4.78. The predicted molar refractivity (Wildman–Crippen MR) is 95.3 cm³/mol. The second kappa shape index (κ2) is 7.58. The van der Waals surface area contributed by atoms with Crippen molar-refractivity contribution in [3.63, 3.8) is 0 Å². The van der Waals surface area contributed by atoms with E-state index in [4.69, 9.17) is 11.6 Å². The van der Waals surface area contributed by atoms with Gasteiger partial charge in [0.2, 0.25) is 5.96 Å². The van der Waals surface area contributed by atoms with Crippen LogP contribution >= 0.6 is 11.6 Å². The first-order valence-electron chi connectivity index (χ1n) is 7.22. The Morgan fingerprint density at radius 1 is 1.30 bits per heavy atom. The lowest BCUT2D eigenvalue weighted by Gasteiger charge is -2.28. The van der Waals surface area contributed by atoms with Crippen molar-refractivity contribution in [3.8, 4) is 0 Å². The van der Waals surface area contributed by atoms with Crippen molar-refractivity contribution in [1.29, 1.82) is 0 Å². The van der Waals surface area contributed by atoms with Crippen molar-refractivity contribution in [3.05, 3.63) is 29.3 Å². The van der Waals surface area contributed by atoms with Gasteiger partial charge in [-0.2, -0.15) is 12.7 Å². The smallest absolute Gasteiger partial charge is 0.275 e. The summed E-state index contributed by atoms with van der Waals surface area (Å²) in [6, 6.07) is 2.48. The fraction of sp³-hybridized carbons (Fsp3) is 0.250. The molecule has 15 heteroatoms. The van der Waals surface area contributed by atoms with Gasteiger partial charge in [0.1, 0.15) is 4.90 Å². The number of rotatable bonds is 3. The summed E-state index contributed by atoms with van der Waals surface area (Å²) in [7, 11) is -8.60. The van der Waals surface area contributed by atoms with Gasteiger partial charge in [0, 0.05) is 6.04 Å². The monoisotopic (exact) mass is 438 g/mol. The highest BCUT2D eigenvalue weighted by Gasteiger charge is 2.35. The summed E-state index contributed by atoms with van der Waals surface area (Å²) in [5.74, 6) is -0.609. The number of nitrogens with one attached hydrogen (secondary N) is 4. The van der Waals surface area contributed by atoms with Gasteiger partial charge in [-0.05, 0) is 26.0 Å². The normalized spacial score (nSPS) is 16.4. The van der Waals surface area contributed by atoms with Crippen LogP contribution in [0.2, 0.25) is 5.02 Å². The Bertz CT molecular complexity index is 1010. The first kappa shape index (κ1) is 20.7. The number of sulfonamides is 1. The van der Waals surface area contributed by atoms with Gasteiger partial charge in [-0.1, -0.05) is 23.7 Å². The number of urea groups is 2. The third-order valence-electron chi connectivity index (χ3n) is 3.00. The molecule has 0 spiro atoms. The minimum absolute atomic E-state index is 0.102. The van der Waals surface area contributed by atoms with Gasteiger partial charge in [-0.15, -0.1) is 4.40 Å². The molecule has 1 aromatic rings. The maximum absolute atomic E-state index is 12.1. The van der Waals surface area contributed by atoms with E-state index in [1.807, 2.05) is 10.9 Å². The lowest BCUT2D eigenvalue weighted by molar-refractivity contribution is 0.219. The molecule has 0 fully saturated rings. The number of carbonyl (C=O) groups excluding carboxylic acids is 2. The van der Waals surface area contributed by atoms with Gasteiger partial charge in [-0.3, -0.25) is 10.7 Å². The fourth-order valence-corrected chi connectivity index (χ4v) is 4.61. The molecule has 0 saturated heterocycles. The number of hydrogen-bond acceptors (Lipinski definition) is 7. The summed E-state index contributed by atoms with van der Waals surface area (Å²) in [5, 5.41) is 1.99. The van der Waals surface area contributed by atoms with E-state index in [9.17, 15) is 26.4 Å². The Labute approximate surface area is 160 Å². The second-order valence-corrected chi connectivity index (χ2v) is 8.88. The van der Waals surface area contributed by atoms with Crippen LogP contribution in [-0.4, -0.2) is 45.2 Å². The Morgan fingerprint density at radius 2 is 1.93 bits per heavy atom. The van der Waals surface area contributed by atoms with Gasteiger partial charge in [0.25, 0.3) is 10.0 Å². The van der Waals surface area contributed by atoms with E-state index in [0.29, 0.717) is 4.31 Å². The number of hydrogen-bond donors (Lipinski definition) is 4. The van der Waals surface area contributed by atoms with Crippen molar-refractivity contribution in [2.45, 2.75) is 24.8 Å². The topological polar surface area (TPSA) is 166 Å². The van der Waals surface area contributed by atoms with Gasteiger partial charge in [0.05, 0.1) is 5.02 Å². The molecular formula is C12H15ClN6O6S2. The Morgan fingerprint density at radius 3 is 2.48 bits per heavy atom. The molecule has 1 aliphatic rings. The molecule has 12 nitrogen and oxygen atoms in total. The molecule has 0 unspecified atom stereocenters. The number of hydrazine groups is 1. The fourth-order valence-electron chi connectivity index (χ4n) is 1.98. The van der Waals surface area contributed by atoms with E-state index in [1.54, 1.807) is 4.72 Å². The molecule has 0 aromatic heterocycles. The van der Waals surface area contributed by atoms with Crippen LogP contribution in [0.3, 0.4) is 0 Å². The van der Waals surface area contributed by atoms with E-state index in [-0.39, 0.29) is 9.92 Å². The first-order chi connectivity index (χ1) is 12.4. The van der Waals surface area contributed by atoms with E-state index in [0.717, 1.165) is 0 Å². The molecule has 0 aliphatic carbocycles. The molecule has 0 bridgehead atoms. The Kier molecular flexibility index (Phi) is 5.82. The lowest BCUT2D eigenvalue weighted by atomic mass is 10.4. The Hall–Kier alpha value is -2.58. The molecule has 0 atom stereocenters. The van der Waals surface area contributed by atoms with Crippen LogP contribution in [0.25, 0.3) is 0 Å². The zero-order valence-corrected chi connectivity index (χ0v) is 16.3. The summed E-state index contributed by atoms with van der Waals surface area (Å²) in [4.78, 5) is 23.3. The van der Waals surface area contributed by atoms with Gasteiger partial charge in [-0.25, -0.2) is 28.2 Å². The van der Waals surface area contributed by atoms with Crippen LogP contribution in [0.15, 0.2) is 33.6 Å². The minimum Gasteiger partial charge on any atom is -0.275 e. The van der Waals surface area contributed by atoms with Crippen LogP contribution in [0.1, 0.15) is 13.8 Å². The zero-order valence-electron chi connectivity index (χ0n) is 13.9. The molecule has 2 rings (SSSR count). The predicted octanol–water partition coefficient (Wildman–Crippen LogP) is -0.133. The Balaban J connectivity index is 2.06. The summed E-state index contributed by atoms with van der Waals surface area (Å²) in [6.07, 6.45) is 0. The van der Waals surface area contributed by atoms with Crippen molar-refractivity contribution >= 4 is 49.9 Å². The van der Waals surface area contributed by atoms with Crippen LogP contribution in [0.4, 0.5) is 9.59 Å². The number of guanidine groups is 1. The molecule has 4 amide bonds. The van der Waals surface area contributed by atoms with Crippen molar-refractivity contribution < 1.29 is 26.4 Å². The number of benzene rings is 1. The third-order valence-corrected chi connectivity index (χ3v) is 6.33. The summed E-state index contributed by atoms with van der Waals surface area (Å²) >= 11 is 5.77. The largest absolute Gasteiger partial charge is 0.351 e. The van der Waals surface area contributed by atoms with E-state index in [2.05, 4.69) is 9.71 Å². The molecule has 0 saturated carbocycles. The number of carbonyl (C=O) groups is 2. The van der Waals surface area contributed by atoms with Gasteiger partial charge >= 0.3 is 22.3 Å². The van der Waals surface area contributed by atoms with Crippen LogP contribution in [0, 0.1) is 0 Å².